The molecule has 0 saturated heterocycles. The van der Waals surface area contributed by atoms with Crippen LogP contribution in [0.2, 0.25) is 0 Å². The topological polar surface area (TPSA) is 26.3 Å². The van der Waals surface area contributed by atoms with Gasteiger partial charge in [-0.3, -0.25) is 0 Å². The molecule has 2 aromatic heterocycles. The van der Waals surface area contributed by atoms with E-state index < -0.39 is 0 Å². The number of hydrogen-bond acceptors (Lipinski definition) is 3. The Morgan fingerprint density at radius 2 is 1.04 bits per heavy atom. The Bertz CT molecular complexity index is 561. The predicted molar refractivity (Wildman–Crippen MR) is 93.2 cm³/mol. The average Bonchev–Trinajstić information content (AvgIpc) is 3.27. The molecule has 2 nitrogen and oxygen atoms in total. The zero-order valence-corrected chi connectivity index (χ0v) is 14.6. The van der Waals surface area contributed by atoms with Crippen molar-refractivity contribution in [2.24, 2.45) is 0 Å². The molecule has 0 unspecified atom stereocenters. The highest BCUT2D eigenvalue weighted by Crippen LogP contribution is 2.39. The van der Waals surface area contributed by atoms with Crippen LogP contribution in [0.5, 0.6) is 0 Å². The minimum Gasteiger partial charge on any atom is -0.454 e. The van der Waals surface area contributed by atoms with Gasteiger partial charge in [-0.2, -0.15) is 0 Å². The predicted octanol–water partition coefficient (Wildman–Crippen LogP) is 7.12. The standard InChI is InChI=1S/C20H26O2S/c1-3-7-15(8-4-1)17-11-13-19(21-17)23-20-14-12-18(22-20)16-9-5-2-6-10-16/h11-16H,1-10H2. The molecule has 2 aliphatic rings. The maximum absolute atomic E-state index is 6.08. The quantitative estimate of drug-likeness (QED) is 0.597. The van der Waals surface area contributed by atoms with Gasteiger partial charge < -0.3 is 8.83 Å². The summed E-state index contributed by atoms with van der Waals surface area (Å²) in [6.07, 6.45) is 13.3. The SMILES string of the molecule is c1cc(C2CCCCC2)oc1Sc1ccc(C2CCCCC2)o1. The lowest BCUT2D eigenvalue weighted by molar-refractivity contribution is 0.338. The minimum atomic E-state index is 0.632. The molecular weight excluding hydrogens is 304 g/mol. The van der Waals surface area contributed by atoms with Gasteiger partial charge in [0, 0.05) is 11.8 Å². The van der Waals surface area contributed by atoms with Gasteiger partial charge in [-0.1, -0.05) is 38.5 Å². The van der Waals surface area contributed by atoms with Crippen LogP contribution < -0.4 is 0 Å². The van der Waals surface area contributed by atoms with E-state index in [0.717, 1.165) is 10.2 Å². The van der Waals surface area contributed by atoms with Crippen LogP contribution in [-0.4, -0.2) is 0 Å². The first-order chi connectivity index (χ1) is 11.4. The fourth-order valence-corrected chi connectivity index (χ4v) is 4.84. The Balaban J connectivity index is 1.40. The first-order valence-electron chi connectivity index (χ1n) is 9.26. The molecule has 2 aromatic rings. The molecule has 2 heterocycles. The Morgan fingerprint density at radius 3 is 1.48 bits per heavy atom. The highest BCUT2D eigenvalue weighted by Gasteiger charge is 2.21. The van der Waals surface area contributed by atoms with E-state index in [1.54, 1.807) is 11.8 Å². The van der Waals surface area contributed by atoms with Crippen LogP contribution in [0, 0.1) is 0 Å². The Kier molecular flexibility index (Phi) is 4.84. The molecule has 0 amide bonds. The molecule has 124 valence electrons. The molecule has 0 bridgehead atoms. The average molecular weight is 330 g/mol. The van der Waals surface area contributed by atoms with E-state index in [1.807, 2.05) is 0 Å². The number of rotatable bonds is 4. The van der Waals surface area contributed by atoms with Crippen molar-refractivity contribution in [2.45, 2.75) is 86.2 Å². The van der Waals surface area contributed by atoms with E-state index >= 15 is 0 Å². The third-order valence-electron chi connectivity index (χ3n) is 5.42. The Morgan fingerprint density at radius 1 is 0.609 bits per heavy atom. The van der Waals surface area contributed by atoms with Crippen molar-refractivity contribution in [3.63, 3.8) is 0 Å². The van der Waals surface area contributed by atoms with Crippen LogP contribution in [0.15, 0.2) is 43.3 Å². The van der Waals surface area contributed by atoms with E-state index in [2.05, 4.69) is 24.3 Å². The van der Waals surface area contributed by atoms with Crippen molar-refractivity contribution in [3.05, 3.63) is 35.8 Å². The fraction of sp³-hybridized carbons (Fsp3) is 0.600. The van der Waals surface area contributed by atoms with Gasteiger partial charge in [0.25, 0.3) is 0 Å². The van der Waals surface area contributed by atoms with Gasteiger partial charge in [-0.15, -0.1) is 0 Å². The summed E-state index contributed by atoms with van der Waals surface area (Å²) in [5.74, 6) is 3.61. The maximum atomic E-state index is 6.08. The molecule has 0 N–H and O–H groups in total. The summed E-state index contributed by atoms with van der Waals surface area (Å²) in [6.45, 7) is 0. The van der Waals surface area contributed by atoms with Gasteiger partial charge in [0.1, 0.15) is 11.5 Å². The summed E-state index contributed by atoms with van der Waals surface area (Å²) >= 11 is 1.62. The molecular formula is C20H26O2S. The highest BCUT2D eigenvalue weighted by molar-refractivity contribution is 7.99. The van der Waals surface area contributed by atoms with Crippen LogP contribution in [0.1, 0.15) is 87.6 Å². The second kappa shape index (κ2) is 7.21. The highest BCUT2D eigenvalue weighted by atomic mass is 32.2. The van der Waals surface area contributed by atoms with Crippen molar-refractivity contribution in [1.29, 1.82) is 0 Å². The van der Waals surface area contributed by atoms with Gasteiger partial charge in [0.05, 0.1) is 0 Å². The van der Waals surface area contributed by atoms with Crippen molar-refractivity contribution in [3.8, 4) is 0 Å². The second-order valence-corrected chi connectivity index (χ2v) is 8.09. The van der Waals surface area contributed by atoms with Crippen LogP contribution >= 0.6 is 11.8 Å². The van der Waals surface area contributed by atoms with Gasteiger partial charge in [0.2, 0.25) is 0 Å². The summed E-state index contributed by atoms with van der Waals surface area (Å²) in [5, 5.41) is 1.94. The summed E-state index contributed by atoms with van der Waals surface area (Å²) in [7, 11) is 0. The first kappa shape index (κ1) is 15.4. The van der Waals surface area contributed by atoms with E-state index in [1.165, 1.54) is 75.7 Å². The lowest BCUT2D eigenvalue weighted by Crippen LogP contribution is -2.02. The lowest BCUT2D eigenvalue weighted by atomic mass is 9.88. The zero-order valence-electron chi connectivity index (χ0n) is 13.8. The van der Waals surface area contributed by atoms with Crippen LogP contribution in [0.3, 0.4) is 0 Å². The molecule has 0 spiro atoms. The van der Waals surface area contributed by atoms with Crippen LogP contribution in [0.4, 0.5) is 0 Å². The monoisotopic (exact) mass is 330 g/mol. The molecule has 0 aliphatic heterocycles. The van der Waals surface area contributed by atoms with Gasteiger partial charge in [0.15, 0.2) is 10.2 Å². The summed E-state index contributed by atoms with van der Waals surface area (Å²) < 4.78 is 12.2. The largest absolute Gasteiger partial charge is 0.454 e. The van der Waals surface area contributed by atoms with Crippen molar-refractivity contribution < 1.29 is 8.83 Å². The van der Waals surface area contributed by atoms with E-state index in [0.29, 0.717) is 11.8 Å². The molecule has 2 fully saturated rings. The van der Waals surface area contributed by atoms with Gasteiger partial charge >= 0.3 is 0 Å². The normalized spacial score (nSPS) is 20.9. The molecule has 3 heteroatoms. The maximum Gasteiger partial charge on any atom is 0.168 e. The summed E-state index contributed by atoms with van der Waals surface area (Å²) in [5.41, 5.74) is 0. The molecule has 0 aromatic carbocycles. The van der Waals surface area contributed by atoms with E-state index in [-0.39, 0.29) is 0 Å². The molecule has 2 aliphatic carbocycles. The van der Waals surface area contributed by atoms with E-state index in [4.69, 9.17) is 8.83 Å². The Hall–Kier alpha value is -1.09. The third-order valence-corrected chi connectivity index (χ3v) is 6.26. The zero-order chi connectivity index (χ0) is 15.5. The van der Waals surface area contributed by atoms with Crippen LogP contribution in [-0.2, 0) is 0 Å². The third kappa shape index (κ3) is 3.71. The molecule has 23 heavy (non-hydrogen) atoms. The van der Waals surface area contributed by atoms with Gasteiger partial charge in [-0.05, 0) is 61.7 Å². The van der Waals surface area contributed by atoms with Crippen LogP contribution in [0.25, 0.3) is 0 Å². The first-order valence-corrected chi connectivity index (χ1v) is 10.1. The summed E-state index contributed by atoms with van der Waals surface area (Å²) in [4.78, 5) is 0. The molecule has 4 rings (SSSR count). The smallest absolute Gasteiger partial charge is 0.168 e. The molecule has 2 saturated carbocycles. The molecule has 0 atom stereocenters. The van der Waals surface area contributed by atoms with Crippen molar-refractivity contribution in [1.82, 2.24) is 0 Å². The van der Waals surface area contributed by atoms with Crippen molar-refractivity contribution >= 4 is 11.8 Å². The lowest BCUT2D eigenvalue weighted by Gasteiger charge is -2.19. The summed E-state index contributed by atoms with van der Waals surface area (Å²) in [6, 6.07) is 8.56. The number of furan rings is 2. The fourth-order valence-electron chi connectivity index (χ4n) is 4.09. The Labute approximate surface area is 143 Å². The minimum absolute atomic E-state index is 0.632. The van der Waals surface area contributed by atoms with E-state index in [9.17, 15) is 0 Å². The second-order valence-electron chi connectivity index (χ2n) is 7.09. The van der Waals surface area contributed by atoms with Gasteiger partial charge in [-0.25, -0.2) is 0 Å². The molecule has 0 radical (unpaired) electrons. The number of hydrogen-bond donors (Lipinski definition) is 0. The van der Waals surface area contributed by atoms with Crippen molar-refractivity contribution in [2.75, 3.05) is 0 Å².